The van der Waals surface area contributed by atoms with Crippen LogP contribution in [0.4, 0.5) is 0 Å². The van der Waals surface area contributed by atoms with Crippen LogP contribution >= 0.6 is 11.3 Å². The highest BCUT2D eigenvalue weighted by atomic mass is 32.1. The summed E-state index contributed by atoms with van der Waals surface area (Å²) < 4.78 is 0. The van der Waals surface area contributed by atoms with Crippen LogP contribution < -0.4 is 0 Å². The summed E-state index contributed by atoms with van der Waals surface area (Å²) in [6.45, 7) is 2.38. The lowest BCUT2D eigenvalue weighted by atomic mass is 10.0. The summed E-state index contributed by atoms with van der Waals surface area (Å²) in [7, 11) is 2.18. The molecular formula is C10H14N2S. The number of likely N-dealkylation sites (tertiary alicyclic amines) is 1. The maximum atomic E-state index is 4.26. The fourth-order valence-electron chi connectivity index (χ4n) is 1.55. The van der Waals surface area contributed by atoms with Crippen LogP contribution in [0, 0.1) is 0 Å². The van der Waals surface area contributed by atoms with Crippen LogP contribution in [0.2, 0.25) is 0 Å². The molecule has 1 saturated heterocycles. The van der Waals surface area contributed by atoms with E-state index in [1.54, 1.807) is 16.9 Å². The van der Waals surface area contributed by atoms with E-state index in [2.05, 4.69) is 28.4 Å². The third-order valence-corrected chi connectivity index (χ3v) is 3.04. The molecule has 1 aromatic heterocycles. The van der Waals surface area contributed by atoms with Crippen molar-refractivity contribution in [2.75, 3.05) is 20.1 Å². The molecule has 1 aromatic rings. The van der Waals surface area contributed by atoms with Gasteiger partial charge < -0.3 is 4.90 Å². The molecule has 0 aromatic carbocycles. The Labute approximate surface area is 82.9 Å². The van der Waals surface area contributed by atoms with E-state index in [1.807, 2.05) is 5.51 Å². The van der Waals surface area contributed by atoms with Crippen LogP contribution in [0.15, 0.2) is 16.5 Å². The predicted octanol–water partition coefficient (Wildman–Crippen LogP) is 2.25. The average Bonchev–Trinajstić information content (AvgIpc) is 2.62. The van der Waals surface area contributed by atoms with Crippen molar-refractivity contribution >= 4 is 17.4 Å². The summed E-state index contributed by atoms with van der Waals surface area (Å²) in [5.41, 5.74) is 4.56. The number of thiazole rings is 1. The molecule has 1 aliphatic rings. The number of hydrogen-bond donors (Lipinski definition) is 0. The molecule has 0 bridgehead atoms. The first-order valence-electron chi connectivity index (χ1n) is 4.61. The Bertz CT molecular complexity index is 280. The summed E-state index contributed by atoms with van der Waals surface area (Å²) >= 11 is 1.66. The van der Waals surface area contributed by atoms with Crippen molar-refractivity contribution in [2.24, 2.45) is 0 Å². The van der Waals surface area contributed by atoms with Gasteiger partial charge in [-0.1, -0.05) is 5.57 Å². The fourth-order valence-corrected chi connectivity index (χ4v) is 2.06. The summed E-state index contributed by atoms with van der Waals surface area (Å²) in [5.74, 6) is 0. The molecule has 2 rings (SSSR count). The molecule has 0 spiro atoms. The van der Waals surface area contributed by atoms with Crippen molar-refractivity contribution in [1.82, 2.24) is 9.88 Å². The van der Waals surface area contributed by atoms with Crippen LogP contribution in [-0.2, 0) is 0 Å². The smallest absolute Gasteiger partial charge is 0.0798 e. The molecule has 0 saturated carbocycles. The zero-order valence-corrected chi connectivity index (χ0v) is 8.68. The van der Waals surface area contributed by atoms with Gasteiger partial charge in [-0.05, 0) is 26.0 Å². The van der Waals surface area contributed by atoms with Crippen molar-refractivity contribution < 1.29 is 0 Å². The fraction of sp³-hybridized carbons (Fsp3) is 0.500. The molecular weight excluding hydrogens is 180 g/mol. The van der Waals surface area contributed by atoms with E-state index in [4.69, 9.17) is 0 Å². The number of piperidine rings is 1. The second kappa shape index (κ2) is 4.03. The first-order valence-corrected chi connectivity index (χ1v) is 5.55. The second-order valence-corrected chi connectivity index (χ2v) is 4.24. The number of nitrogens with zero attached hydrogens (tertiary/aromatic N) is 2. The predicted molar refractivity (Wildman–Crippen MR) is 56.8 cm³/mol. The van der Waals surface area contributed by atoms with Gasteiger partial charge in [0.1, 0.15) is 0 Å². The Morgan fingerprint density at radius 3 is 2.85 bits per heavy atom. The molecule has 70 valence electrons. The van der Waals surface area contributed by atoms with Gasteiger partial charge in [-0.15, -0.1) is 11.3 Å². The van der Waals surface area contributed by atoms with Gasteiger partial charge in [-0.2, -0.15) is 0 Å². The molecule has 13 heavy (non-hydrogen) atoms. The molecule has 0 amide bonds. The molecule has 0 atom stereocenters. The van der Waals surface area contributed by atoms with Gasteiger partial charge in [0.2, 0.25) is 0 Å². The maximum Gasteiger partial charge on any atom is 0.0798 e. The monoisotopic (exact) mass is 194 g/mol. The van der Waals surface area contributed by atoms with E-state index < -0.39 is 0 Å². The first kappa shape index (κ1) is 8.91. The van der Waals surface area contributed by atoms with E-state index in [1.165, 1.54) is 25.9 Å². The summed E-state index contributed by atoms with van der Waals surface area (Å²) in [6, 6.07) is 0. The van der Waals surface area contributed by atoms with Gasteiger partial charge in [0, 0.05) is 18.5 Å². The van der Waals surface area contributed by atoms with E-state index in [0.29, 0.717) is 0 Å². The first-order chi connectivity index (χ1) is 6.34. The minimum Gasteiger partial charge on any atom is -0.306 e. The normalized spacial score (nSPS) is 19.0. The molecule has 2 heterocycles. The van der Waals surface area contributed by atoms with Gasteiger partial charge in [0.05, 0.1) is 11.2 Å². The minimum absolute atomic E-state index is 1.13. The standard InChI is InChI=1S/C10H14N2S/c1-12-4-2-9(3-5-12)6-10-7-13-8-11-10/h6-8H,2-5H2,1H3. The molecule has 1 fully saturated rings. The molecule has 0 N–H and O–H groups in total. The molecule has 2 nitrogen and oxygen atoms in total. The lowest BCUT2D eigenvalue weighted by molar-refractivity contribution is 0.313. The van der Waals surface area contributed by atoms with Crippen molar-refractivity contribution in [3.05, 3.63) is 22.2 Å². The lowest BCUT2D eigenvalue weighted by Crippen LogP contribution is -2.26. The van der Waals surface area contributed by atoms with E-state index in [-0.39, 0.29) is 0 Å². The third-order valence-electron chi connectivity index (χ3n) is 2.43. The largest absolute Gasteiger partial charge is 0.306 e. The number of aromatic nitrogens is 1. The third kappa shape index (κ3) is 2.39. The molecule has 0 radical (unpaired) electrons. The molecule has 0 unspecified atom stereocenters. The van der Waals surface area contributed by atoms with Crippen molar-refractivity contribution in [3.8, 4) is 0 Å². The Morgan fingerprint density at radius 1 is 1.46 bits per heavy atom. The van der Waals surface area contributed by atoms with Crippen LogP contribution in [0.25, 0.3) is 6.08 Å². The zero-order valence-electron chi connectivity index (χ0n) is 7.86. The zero-order chi connectivity index (χ0) is 9.10. The van der Waals surface area contributed by atoms with Gasteiger partial charge in [0.15, 0.2) is 0 Å². The average molecular weight is 194 g/mol. The van der Waals surface area contributed by atoms with Gasteiger partial charge in [-0.25, -0.2) is 4.98 Å². The Hall–Kier alpha value is -0.670. The highest BCUT2D eigenvalue weighted by Gasteiger charge is 2.09. The van der Waals surface area contributed by atoms with E-state index in [0.717, 1.165) is 5.69 Å². The van der Waals surface area contributed by atoms with Crippen LogP contribution in [-0.4, -0.2) is 30.0 Å². The summed E-state index contributed by atoms with van der Waals surface area (Å²) in [4.78, 5) is 6.63. The summed E-state index contributed by atoms with van der Waals surface area (Å²) in [5, 5.41) is 2.10. The Kier molecular flexibility index (Phi) is 2.76. The van der Waals surface area contributed by atoms with Crippen LogP contribution in [0.1, 0.15) is 18.5 Å². The van der Waals surface area contributed by atoms with Crippen LogP contribution in [0.5, 0.6) is 0 Å². The number of rotatable bonds is 1. The van der Waals surface area contributed by atoms with Crippen molar-refractivity contribution in [1.29, 1.82) is 0 Å². The van der Waals surface area contributed by atoms with Gasteiger partial charge in [-0.3, -0.25) is 0 Å². The quantitative estimate of drug-likeness (QED) is 0.681. The molecule has 3 heteroatoms. The minimum atomic E-state index is 1.13. The Balaban J connectivity index is 2.02. The van der Waals surface area contributed by atoms with Gasteiger partial charge >= 0.3 is 0 Å². The maximum absolute atomic E-state index is 4.26. The molecule has 1 aliphatic heterocycles. The summed E-state index contributed by atoms with van der Waals surface area (Å²) in [6.07, 6.45) is 4.64. The van der Waals surface area contributed by atoms with Crippen molar-refractivity contribution in [2.45, 2.75) is 12.8 Å². The highest BCUT2D eigenvalue weighted by molar-refractivity contribution is 7.07. The second-order valence-electron chi connectivity index (χ2n) is 3.52. The van der Waals surface area contributed by atoms with E-state index in [9.17, 15) is 0 Å². The Morgan fingerprint density at radius 2 is 2.23 bits per heavy atom. The SMILES string of the molecule is CN1CCC(=Cc2cscn2)CC1. The highest BCUT2D eigenvalue weighted by Crippen LogP contribution is 2.18. The van der Waals surface area contributed by atoms with E-state index >= 15 is 0 Å². The van der Waals surface area contributed by atoms with Crippen LogP contribution in [0.3, 0.4) is 0 Å². The number of hydrogen-bond acceptors (Lipinski definition) is 3. The van der Waals surface area contributed by atoms with Gasteiger partial charge in [0.25, 0.3) is 0 Å². The lowest BCUT2D eigenvalue weighted by Gasteiger charge is -2.23. The van der Waals surface area contributed by atoms with Crippen molar-refractivity contribution in [3.63, 3.8) is 0 Å². The molecule has 0 aliphatic carbocycles. The topological polar surface area (TPSA) is 16.1 Å².